The average Bonchev–Trinajstić information content (AvgIpc) is 2.96. The molecule has 6 nitrogen and oxygen atoms in total. The molecule has 0 aromatic rings. The monoisotopic (exact) mass is 392 g/mol. The summed E-state index contributed by atoms with van der Waals surface area (Å²) in [6.45, 7) is 6.41. The molecule has 4 saturated heterocycles. The van der Waals surface area contributed by atoms with Crippen molar-refractivity contribution in [2.75, 3.05) is 0 Å². The number of aliphatic hydroxyl groups is 1. The Labute approximate surface area is 166 Å². The lowest BCUT2D eigenvalue weighted by atomic mass is 9.57. The quantitative estimate of drug-likeness (QED) is 0.743. The maximum atomic E-state index is 12.0. The van der Waals surface area contributed by atoms with Crippen LogP contribution in [0.3, 0.4) is 0 Å². The van der Waals surface area contributed by atoms with Gasteiger partial charge in [-0.05, 0) is 50.4 Å². The molecular formula is C22H32O6. The van der Waals surface area contributed by atoms with Crippen molar-refractivity contribution < 1.29 is 29.1 Å². The zero-order valence-electron chi connectivity index (χ0n) is 17.1. The van der Waals surface area contributed by atoms with E-state index in [4.69, 9.17) is 19.2 Å². The molecule has 1 saturated carbocycles. The van der Waals surface area contributed by atoms with Crippen molar-refractivity contribution in [2.45, 2.75) is 95.6 Å². The van der Waals surface area contributed by atoms with E-state index < -0.39 is 23.8 Å². The molecule has 28 heavy (non-hydrogen) atoms. The minimum absolute atomic E-state index is 0.0630. The Hall–Kier alpha value is -0.790. The summed E-state index contributed by atoms with van der Waals surface area (Å²) in [5.41, 5.74) is -0.0159. The zero-order valence-corrected chi connectivity index (χ0v) is 17.1. The molecule has 6 aliphatic rings. The summed E-state index contributed by atoms with van der Waals surface area (Å²) in [4.78, 5) is 24.0. The van der Waals surface area contributed by atoms with E-state index in [1.54, 1.807) is 0 Å². The molecule has 156 valence electrons. The fourth-order valence-corrected chi connectivity index (χ4v) is 6.53. The number of hydrogen-bond acceptors (Lipinski definition) is 6. The summed E-state index contributed by atoms with van der Waals surface area (Å²) in [7, 11) is 0. The van der Waals surface area contributed by atoms with Crippen LogP contribution in [0.5, 0.6) is 0 Å². The Bertz CT molecular complexity index is 691. The highest BCUT2D eigenvalue weighted by atomic mass is 17.3. The van der Waals surface area contributed by atoms with Crippen molar-refractivity contribution in [3.63, 3.8) is 0 Å². The highest BCUT2D eigenvalue weighted by molar-refractivity contribution is 5.98. The molecule has 1 N–H and O–H groups in total. The van der Waals surface area contributed by atoms with Crippen LogP contribution in [-0.2, 0) is 24.0 Å². The first-order chi connectivity index (χ1) is 13.3. The van der Waals surface area contributed by atoms with Crippen molar-refractivity contribution in [2.24, 2.45) is 23.7 Å². The van der Waals surface area contributed by atoms with Crippen LogP contribution >= 0.6 is 0 Å². The number of fused-ring (bicyclic) bond motifs is 2. The van der Waals surface area contributed by atoms with Gasteiger partial charge in [-0.1, -0.05) is 19.9 Å². The lowest BCUT2D eigenvalue weighted by molar-refractivity contribution is -0.571. The van der Waals surface area contributed by atoms with Gasteiger partial charge in [0.25, 0.3) is 0 Å². The van der Waals surface area contributed by atoms with Gasteiger partial charge in [0.05, 0.1) is 12.2 Å². The molecule has 1 spiro atoms. The van der Waals surface area contributed by atoms with Crippen molar-refractivity contribution in [3.05, 3.63) is 11.6 Å². The molecule has 0 radical (unpaired) electrons. The Morgan fingerprint density at radius 1 is 1.21 bits per heavy atom. The maximum absolute atomic E-state index is 12.0. The molecule has 4 heterocycles. The predicted molar refractivity (Wildman–Crippen MR) is 99.8 cm³/mol. The predicted octanol–water partition coefficient (Wildman–Crippen LogP) is 3.28. The number of ether oxygens (including phenoxy) is 2. The molecule has 6 rings (SSSR count). The van der Waals surface area contributed by atoms with Crippen LogP contribution in [0, 0.1) is 23.7 Å². The van der Waals surface area contributed by atoms with E-state index in [-0.39, 0.29) is 23.7 Å². The minimum Gasteiger partial charge on any atom is -0.388 e. The van der Waals surface area contributed by atoms with Crippen LogP contribution in [-0.4, -0.2) is 40.8 Å². The van der Waals surface area contributed by atoms with Crippen LogP contribution < -0.4 is 0 Å². The second kappa shape index (κ2) is 6.61. The maximum Gasteiger partial charge on any atom is 0.201 e. The third-order valence-electron chi connectivity index (χ3n) is 8.17. The second-order valence-electron chi connectivity index (χ2n) is 9.82. The van der Waals surface area contributed by atoms with E-state index in [0.29, 0.717) is 30.3 Å². The summed E-state index contributed by atoms with van der Waals surface area (Å²) in [5, 5.41) is 10.7. The number of rotatable bonds is 3. The molecule has 0 amide bonds. The van der Waals surface area contributed by atoms with E-state index in [9.17, 15) is 9.90 Å². The van der Waals surface area contributed by atoms with Crippen LogP contribution in [0.1, 0.15) is 65.7 Å². The van der Waals surface area contributed by atoms with Gasteiger partial charge in [-0.25, -0.2) is 9.78 Å². The van der Waals surface area contributed by atoms with Gasteiger partial charge < -0.3 is 14.6 Å². The van der Waals surface area contributed by atoms with Gasteiger partial charge in [0.2, 0.25) is 5.79 Å². The molecule has 5 fully saturated rings. The van der Waals surface area contributed by atoms with Crippen molar-refractivity contribution in [1.29, 1.82) is 0 Å². The molecule has 9 atom stereocenters. The van der Waals surface area contributed by atoms with Crippen LogP contribution in [0.2, 0.25) is 0 Å². The molecule has 6 heteroatoms. The SMILES string of the molecule is C[C@H]1[C@@H](C[C@@H](O)C2=CCCC2=O)O[C@@H]2O[C@]3(C)CC[C@H]4[C@H](C)CC[C@@H]1[C@@]24OO3. The van der Waals surface area contributed by atoms with Gasteiger partial charge in [0, 0.05) is 30.8 Å². The number of carbonyl (C=O) groups is 1. The molecule has 0 unspecified atom stereocenters. The Morgan fingerprint density at radius 3 is 2.79 bits per heavy atom. The molecule has 4 aliphatic heterocycles. The number of hydrogen-bond donors (Lipinski definition) is 1. The van der Waals surface area contributed by atoms with Gasteiger partial charge in [-0.15, -0.1) is 0 Å². The normalized spacial score (nSPS) is 51.4. The largest absolute Gasteiger partial charge is 0.388 e. The molecule has 0 aromatic heterocycles. The third-order valence-corrected chi connectivity index (χ3v) is 8.17. The lowest BCUT2D eigenvalue weighted by Crippen LogP contribution is -2.70. The number of ketones is 1. The van der Waals surface area contributed by atoms with Gasteiger partial charge in [-0.3, -0.25) is 4.79 Å². The third kappa shape index (κ3) is 2.68. The van der Waals surface area contributed by atoms with Crippen molar-refractivity contribution in [3.8, 4) is 0 Å². The van der Waals surface area contributed by atoms with Gasteiger partial charge >= 0.3 is 0 Å². The van der Waals surface area contributed by atoms with Gasteiger partial charge in [0.1, 0.15) is 0 Å². The first-order valence-electron chi connectivity index (χ1n) is 11.0. The van der Waals surface area contributed by atoms with Crippen molar-refractivity contribution >= 4 is 5.78 Å². The molecule has 2 aliphatic carbocycles. The second-order valence-corrected chi connectivity index (χ2v) is 9.82. The first kappa shape index (κ1) is 19.2. The van der Waals surface area contributed by atoms with Gasteiger partial charge in [0.15, 0.2) is 17.7 Å². The molecule has 2 bridgehead atoms. The Kier molecular flexibility index (Phi) is 4.53. The fourth-order valence-electron chi connectivity index (χ4n) is 6.53. The van der Waals surface area contributed by atoms with Crippen LogP contribution in [0.25, 0.3) is 0 Å². The number of carbonyl (C=O) groups excluding carboxylic acids is 1. The van der Waals surface area contributed by atoms with Crippen LogP contribution in [0.4, 0.5) is 0 Å². The smallest absolute Gasteiger partial charge is 0.201 e. The van der Waals surface area contributed by atoms with Crippen LogP contribution in [0.15, 0.2) is 11.6 Å². The summed E-state index contributed by atoms with van der Waals surface area (Å²) >= 11 is 0. The highest BCUT2D eigenvalue weighted by Gasteiger charge is 2.69. The Balaban J connectivity index is 1.44. The first-order valence-corrected chi connectivity index (χ1v) is 11.0. The molecular weight excluding hydrogens is 360 g/mol. The number of aliphatic hydroxyl groups excluding tert-OH is 1. The number of Topliss-reactive ketones (excluding diaryl/α,β-unsaturated/α-hetero) is 1. The highest BCUT2D eigenvalue weighted by Crippen LogP contribution is 2.60. The molecule has 0 aromatic carbocycles. The van der Waals surface area contributed by atoms with E-state index in [2.05, 4.69) is 13.8 Å². The lowest BCUT2D eigenvalue weighted by Gasteiger charge is -2.60. The fraction of sp³-hybridized carbons (Fsp3) is 0.864. The number of allylic oxidation sites excluding steroid dienone is 1. The summed E-state index contributed by atoms with van der Waals surface area (Å²) < 4.78 is 12.8. The average molecular weight is 392 g/mol. The van der Waals surface area contributed by atoms with Crippen molar-refractivity contribution in [1.82, 2.24) is 0 Å². The standard InChI is InChI=1S/C22H32O6/c1-12-7-8-16-13(2)19(11-18(24)14-5-4-6-17(14)23)25-20-22(16)15(12)9-10-21(3,26-20)27-28-22/h5,12-13,15-16,18-20,24H,4,6-11H2,1-3H3/t12-,13-,15+,16+,18-,19-,20-,21+,22-/m1/s1. The summed E-state index contributed by atoms with van der Waals surface area (Å²) in [6, 6.07) is 0. The summed E-state index contributed by atoms with van der Waals surface area (Å²) in [5.74, 6) is 0.588. The van der Waals surface area contributed by atoms with E-state index >= 15 is 0 Å². The van der Waals surface area contributed by atoms with E-state index in [1.807, 2.05) is 13.0 Å². The van der Waals surface area contributed by atoms with Gasteiger partial charge in [-0.2, -0.15) is 0 Å². The topological polar surface area (TPSA) is 74.2 Å². The van der Waals surface area contributed by atoms with E-state index in [1.165, 1.54) is 0 Å². The zero-order chi connectivity index (χ0) is 19.7. The minimum atomic E-state index is -0.786. The van der Waals surface area contributed by atoms with E-state index in [0.717, 1.165) is 32.1 Å². The Morgan fingerprint density at radius 2 is 2.04 bits per heavy atom. The summed E-state index contributed by atoms with van der Waals surface area (Å²) in [6.07, 6.45) is 6.09.